The maximum absolute atomic E-state index is 11.3. The molecule has 82 valence electrons. The first-order valence-corrected chi connectivity index (χ1v) is 5.23. The van der Waals surface area contributed by atoms with Crippen molar-refractivity contribution in [2.45, 2.75) is 26.2 Å². The highest BCUT2D eigenvalue weighted by molar-refractivity contribution is 5.88. The lowest BCUT2D eigenvalue weighted by Crippen LogP contribution is -2.06. The molecule has 0 aliphatic rings. The van der Waals surface area contributed by atoms with E-state index in [2.05, 4.69) is 11.8 Å². The van der Waals surface area contributed by atoms with Gasteiger partial charge in [-0.25, -0.2) is 4.79 Å². The number of carbonyl (C=O) groups excluding carboxylic acids is 1. The summed E-state index contributed by atoms with van der Waals surface area (Å²) in [5.41, 5.74) is 0.507. The van der Waals surface area contributed by atoms with E-state index in [0.717, 1.165) is 19.3 Å². The maximum atomic E-state index is 11.3. The van der Waals surface area contributed by atoms with Gasteiger partial charge < -0.3 is 0 Å². The molecule has 1 aromatic carbocycles. The molecule has 1 rings (SSSR count). The molecule has 0 radical (unpaired) electrons. The summed E-state index contributed by atoms with van der Waals surface area (Å²) in [6.07, 6.45) is 3.12. The summed E-state index contributed by atoms with van der Waals surface area (Å²) in [6, 6.07) is 8.80. The van der Waals surface area contributed by atoms with Gasteiger partial charge in [0.05, 0.1) is 12.2 Å². The lowest BCUT2D eigenvalue weighted by molar-refractivity contribution is -0.241. The summed E-state index contributed by atoms with van der Waals surface area (Å²) in [7, 11) is 0. The fourth-order valence-corrected chi connectivity index (χ4v) is 1.13. The third kappa shape index (κ3) is 4.61. The van der Waals surface area contributed by atoms with Crippen molar-refractivity contribution < 1.29 is 14.6 Å². The van der Waals surface area contributed by atoms with Crippen molar-refractivity contribution >= 4 is 5.97 Å². The van der Waals surface area contributed by atoms with Gasteiger partial charge in [0.15, 0.2) is 0 Å². The lowest BCUT2D eigenvalue weighted by Gasteiger charge is -2.02. The van der Waals surface area contributed by atoms with Crippen LogP contribution in [0.1, 0.15) is 36.5 Å². The molecule has 0 amide bonds. The predicted molar refractivity (Wildman–Crippen MR) is 57.3 cm³/mol. The van der Waals surface area contributed by atoms with Gasteiger partial charge in [-0.05, 0) is 18.6 Å². The molecule has 1 aromatic rings. The standard InChI is InChI=1S/C12H16O3/c1-2-3-7-10-14-15-12(13)11-8-5-4-6-9-11/h4-6,8-9H,2-3,7,10H2,1H3. The van der Waals surface area contributed by atoms with Gasteiger partial charge in [-0.1, -0.05) is 38.0 Å². The third-order valence-electron chi connectivity index (χ3n) is 1.98. The summed E-state index contributed by atoms with van der Waals surface area (Å²) < 4.78 is 0. The highest BCUT2D eigenvalue weighted by Gasteiger charge is 2.06. The fraction of sp³-hybridized carbons (Fsp3) is 0.417. The van der Waals surface area contributed by atoms with Crippen LogP contribution >= 0.6 is 0 Å². The van der Waals surface area contributed by atoms with E-state index in [1.807, 2.05) is 6.07 Å². The Morgan fingerprint density at radius 2 is 1.93 bits per heavy atom. The summed E-state index contributed by atoms with van der Waals surface area (Å²) in [5.74, 6) is -0.438. The van der Waals surface area contributed by atoms with Gasteiger partial charge in [-0.3, -0.25) is 4.89 Å². The van der Waals surface area contributed by atoms with Crippen LogP contribution in [0, 0.1) is 0 Å². The second-order valence-corrected chi connectivity index (χ2v) is 3.27. The Bertz CT molecular complexity index is 282. The fourth-order valence-electron chi connectivity index (χ4n) is 1.13. The Labute approximate surface area is 89.9 Å². The second kappa shape index (κ2) is 7.01. The average molecular weight is 208 g/mol. The van der Waals surface area contributed by atoms with E-state index in [-0.39, 0.29) is 0 Å². The third-order valence-corrected chi connectivity index (χ3v) is 1.98. The first-order chi connectivity index (χ1) is 7.34. The van der Waals surface area contributed by atoms with Gasteiger partial charge in [-0.2, -0.15) is 4.89 Å². The number of benzene rings is 1. The van der Waals surface area contributed by atoms with Crippen molar-refractivity contribution in [3.63, 3.8) is 0 Å². The van der Waals surface area contributed by atoms with Crippen molar-refractivity contribution in [3.8, 4) is 0 Å². The zero-order chi connectivity index (χ0) is 10.9. The van der Waals surface area contributed by atoms with Gasteiger partial charge in [0.2, 0.25) is 0 Å². The molecule has 0 bridgehead atoms. The quantitative estimate of drug-likeness (QED) is 0.409. The highest BCUT2D eigenvalue weighted by Crippen LogP contribution is 2.02. The molecule has 0 aromatic heterocycles. The van der Waals surface area contributed by atoms with Gasteiger partial charge in [0.1, 0.15) is 0 Å². The Kier molecular flexibility index (Phi) is 5.48. The van der Waals surface area contributed by atoms with Crippen LogP contribution in [0.4, 0.5) is 0 Å². The Morgan fingerprint density at radius 3 is 2.60 bits per heavy atom. The van der Waals surface area contributed by atoms with Crippen molar-refractivity contribution in [2.75, 3.05) is 6.61 Å². The van der Waals surface area contributed by atoms with Crippen LogP contribution in [0.2, 0.25) is 0 Å². The molecule has 0 aliphatic heterocycles. The van der Waals surface area contributed by atoms with E-state index in [4.69, 9.17) is 4.89 Å². The molecule has 0 spiro atoms. The van der Waals surface area contributed by atoms with E-state index < -0.39 is 5.97 Å². The molecule has 0 fully saturated rings. The van der Waals surface area contributed by atoms with Gasteiger partial charge in [0, 0.05) is 0 Å². The molecule has 0 unspecified atom stereocenters. The largest absolute Gasteiger partial charge is 0.373 e. The Balaban J connectivity index is 2.20. The minimum absolute atomic E-state index is 0.438. The van der Waals surface area contributed by atoms with Crippen LogP contribution < -0.4 is 0 Å². The molecule has 0 heterocycles. The van der Waals surface area contributed by atoms with Gasteiger partial charge in [-0.15, -0.1) is 0 Å². The number of rotatable bonds is 6. The molecule has 0 saturated heterocycles. The minimum Gasteiger partial charge on any atom is -0.293 e. The summed E-state index contributed by atoms with van der Waals surface area (Å²) in [6.45, 7) is 2.57. The summed E-state index contributed by atoms with van der Waals surface area (Å²) in [5, 5.41) is 0. The number of hydrogen-bond acceptors (Lipinski definition) is 3. The molecule has 0 aliphatic carbocycles. The molecule has 3 nitrogen and oxygen atoms in total. The maximum Gasteiger partial charge on any atom is 0.373 e. The van der Waals surface area contributed by atoms with Crippen molar-refractivity contribution in [3.05, 3.63) is 35.9 Å². The summed E-state index contributed by atoms with van der Waals surface area (Å²) >= 11 is 0. The number of carbonyl (C=O) groups is 1. The molecular formula is C12H16O3. The van der Waals surface area contributed by atoms with E-state index >= 15 is 0 Å². The Morgan fingerprint density at radius 1 is 1.20 bits per heavy atom. The molecule has 0 N–H and O–H groups in total. The first-order valence-electron chi connectivity index (χ1n) is 5.23. The normalized spacial score (nSPS) is 9.93. The first kappa shape index (κ1) is 11.7. The van der Waals surface area contributed by atoms with Gasteiger partial charge >= 0.3 is 5.97 Å². The second-order valence-electron chi connectivity index (χ2n) is 3.27. The molecule has 15 heavy (non-hydrogen) atoms. The minimum atomic E-state index is -0.438. The van der Waals surface area contributed by atoms with Crippen molar-refractivity contribution in [2.24, 2.45) is 0 Å². The topological polar surface area (TPSA) is 35.5 Å². The van der Waals surface area contributed by atoms with Crippen LogP contribution in [0.25, 0.3) is 0 Å². The average Bonchev–Trinajstić information content (AvgIpc) is 2.30. The highest BCUT2D eigenvalue weighted by atomic mass is 17.2. The summed E-state index contributed by atoms with van der Waals surface area (Å²) in [4.78, 5) is 20.8. The van der Waals surface area contributed by atoms with Crippen molar-refractivity contribution in [1.82, 2.24) is 0 Å². The zero-order valence-electron chi connectivity index (χ0n) is 8.94. The smallest absolute Gasteiger partial charge is 0.293 e. The van der Waals surface area contributed by atoms with Gasteiger partial charge in [0.25, 0.3) is 0 Å². The molecule has 0 saturated carbocycles. The SMILES string of the molecule is CCCCCOOC(=O)c1ccccc1. The van der Waals surface area contributed by atoms with E-state index in [1.54, 1.807) is 24.3 Å². The van der Waals surface area contributed by atoms with Crippen LogP contribution in [0.3, 0.4) is 0 Å². The number of unbranched alkanes of at least 4 members (excludes halogenated alkanes) is 2. The Hall–Kier alpha value is -1.35. The number of hydrogen-bond donors (Lipinski definition) is 0. The monoisotopic (exact) mass is 208 g/mol. The van der Waals surface area contributed by atoms with Crippen LogP contribution in [0.5, 0.6) is 0 Å². The van der Waals surface area contributed by atoms with E-state index in [9.17, 15) is 4.79 Å². The molecule has 3 heteroatoms. The lowest BCUT2D eigenvalue weighted by atomic mass is 10.2. The van der Waals surface area contributed by atoms with Crippen LogP contribution in [-0.4, -0.2) is 12.6 Å². The van der Waals surface area contributed by atoms with E-state index in [1.165, 1.54) is 0 Å². The molecule has 0 atom stereocenters. The van der Waals surface area contributed by atoms with E-state index in [0.29, 0.717) is 12.2 Å². The van der Waals surface area contributed by atoms with Crippen LogP contribution in [0.15, 0.2) is 30.3 Å². The van der Waals surface area contributed by atoms with Crippen molar-refractivity contribution in [1.29, 1.82) is 0 Å². The predicted octanol–water partition coefficient (Wildman–Crippen LogP) is 2.97. The molecular weight excluding hydrogens is 192 g/mol. The van der Waals surface area contributed by atoms with Crippen LogP contribution in [-0.2, 0) is 9.78 Å². The zero-order valence-corrected chi connectivity index (χ0v) is 8.94.